The number of nitrogens with zero attached hydrogens (tertiary/aromatic N) is 1. The quantitative estimate of drug-likeness (QED) is 0.910. The molecule has 94 valence electrons. The van der Waals surface area contributed by atoms with Crippen molar-refractivity contribution in [3.05, 3.63) is 30.0 Å². The topological polar surface area (TPSA) is 34.1 Å². The van der Waals surface area contributed by atoms with Crippen LogP contribution in [0, 0.1) is 6.92 Å². The average molecular weight is 260 g/mol. The van der Waals surface area contributed by atoms with Gasteiger partial charge in [0.15, 0.2) is 5.13 Å². The van der Waals surface area contributed by atoms with E-state index in [0.717, 1.165) is 16.6 Å². The van der Waals surface area contributed by atoms with Crippen molar-refractivity contribution >= 4 is 16.5 Å². The lowest BCUT2D eigenvalue weighted by molar-refractivity contribution is 0.415. The Kier molecular flexibility index (Phi) is 2.96. The largest absolute Gasteiger partial charge is 0.497 e. The highest BCUT2D eigenvalue weighted by atomic mass is 32.1. The maximum atomic E-state index is 5.18. The average Bonchev–Trinajstić information content (AvgIpc) is 3.12. The first-order valence-corrected chi connectivity index (χ1v) is 6.96. The van der Waals surface area contributed by atoms with Crippen molar-refractivity contribution in [3.63, 3.8) is 0 Å². The molecule has 1 fully saturated rings. The van der Waals surface area contributed by atoms with E-state index in [1.807, 2.05) is 12.1 Å². The number of ether oxygens (including phenoxy) is 1. The Balaban J connectivity index is 1.86. The van der Waals surface area contributed by atoms with Crippen LogP contribution in [0.3, 0.4) is 0 Å². The zero-order valence-electron chi connectivity index (χ0n) is 10.6. The number of aryl methyl sites for hydroxylation is 1. The second kappa shape index (κ2) is 4.61. The number of benzene rings is 1. The van der Waals surface area contributed by atoms with Crippen molar-refractivity contribution in [2.75, 3.05) is 12.4 Å². The Morgan fingerprint density at radius 1 is 1.28 bits per heavy atom. The summed E-state index contributed by atoms with van der Waals surface area (Å²) in [6.45, 7) is 2.06. The van der Waals surface area contributed by atoms with Crippen LogP contribution in [0.5, 0.6) is 5.75 Å². The van der Waals surface area contributed by atoms with Crippen molar-refractivity contribution in [3.8, 4) is 16.2 Å². The van der Waals surface area contributed by atoms with Crippen molar-refractivity contribution in [2.45, 2.75) is 25.8 Å². The molecule has 0 atom stereocenters. The molecular weight excluding hydrogens is 244 g/mol. The van der Waals surface area contributed by atoms with Gasteiger partial charge in [0, 0.05) is 6.04 Å². The molecule has 1 aromatic heterocycles. The van der Waals surface area contributed by atoms with Gasteiger partial charge in [-0.3, -0.25) is 0 Å². The first-order chi connectivity index (χ1) is 8.76. The minimum Gasteiger partial charge on any atom is -0.497 e. The first kappa shape index (κ1) is 11.5. The van der Waals surface area contributed by atoms with Gasteiger partial charge in [0.1, 0.15) is 5.75 Å². The third kappa shape index (κ3) is 2.34. The Bertz CT molecular complexity index is 543. The lowest BCUT2D eigenvalue weighted by atomic mass is 10.1. The van der Waals surface area contributed by atoms with Crippen LogP contribution in [-0.4, -0.2) is 18.1 Å². The van der Waals surface area contributed by atoms with Gasteiger partial charge in [-0.05, 0) is 49.6 Å². The van der Waals surface area contributed by atoms with E-state index in [2.05, 4.69) is 29.4 Å². The predicted molar refractivity (Wildman–Crippen MR) is 75.5 cm³/mol. The fourth-order valence-corrected chi connectivity index (χ4v) is 2.92. The Hall–Kier alpha value is -1.55. The van der Waals surface area contributed by atoms with Gasteiger partial charge < -0.3 is 10.1 Å². The number of nitrogens with one attached hydrogen (secondary N) is 1. The van der Waals surface area contributed by atoms with E-state index in [9.17, 15) is 0 Å². The molecule has 3 rings (SSSR count). The Morgan fingerprint density at radius 3 is 2.61 bits per heavy atom. The molecule has 0 radical (unpaired) electrons. The minimum absolute atomic E-state index is 0.652. The molecule has 0 unspecified atom stereocenters. The fraction of sp³-hybridized carbons (Fsp3) is 0.357. The first-order valence-electron chi connectivity index (χ1n) is 6.14. The zero-order chi connectivity index (χ0) is 12.5. The van der Waals surface area contributed by atoms with Gasteiger partial charge in [0.25, 0.3) is 0 Å². The number of aromatic nitrogens is 1. The molecule has 0 spiro atoms. The van der Waals surface area contributed by atoms with Crippen LogP contribution in [0.4, 0.5) is 5.13 Å². The van der Waals surface area contributed by atoms with E-state index in [1.54, 1.807) is 18.4 Å². The summed E-state index contributed by atoms with van der Waals surface area (Å²) in [7, 11) is 1.69. The van der Waals surface area contributed by atoms with Crippen LogP contribution in [0.2, 0.25) is 0 Å². The second-order valence-electron chi connectivity index (χ2n) is 4.58. The summed E-state index contributed by atoms with van der Waals surface area (Å²) in [6.07, 6.45) is 2.55. The number of methoxy groups -OCH3 is 1. The number of thiazole rings is 1. The van der Waals surface area contributed by atoms with Crippen molar-refractivity contribution in [1.29, 1.82) is 0 Å². The fourth-order valence-electron chi connectivity index (χ4n) is 1.87. The number of hydrogen-bond donors (Lipinski definition) is 1. The normalized spacial score (nSPS) is 14.6. The van der Waals surface area contributed by atoms with Gasteiger partial charge in [-0.15, -0.1) is 0 Å². The van der Waals surface area contributed by atoms with Crippen molar-refractivity contribution in [1.82, 2.24) is 4.98 Å². The molecule has 4 heteroatoms. The van der Waals surface area contributed by atoms with Crippen LogP contribution >= 0.6 is 11.3 Å². The molecule has 1 aliphatic carbocycles. The van der Waals surface area contributed by atoms with E-state index in [-0.39, 0.29) is 0 Å². The van der Waals surface area contributed by atoms with Gasteiger partial charge >= 0.3 is 0 Å². The lowest BCUT2D eigenvalue weighted by Crippen LogP contribution is -1.99. The van der Waals surface area contributed by atoms with Gasteiger partial charge in [0.2, 0.25) is 0 Å². The van der Waals surface area contributed by atoms with E-state index in [1.165, 1.54) is 23.3 Å². The van der Waals surface area contributed by atoms with E-state index in [0.29, 0.717) is 6.04 Å². The number of anilines is 1. The smallest absolute Gasteiger partial charge is 0.183 e. The Labute approximate surface area is 111 Å². The van der Waals surface area contributed by atoms with Crippen LogP contribution in [0.15, 0.2) is 24.3 Å². The third-order valence-electron chi connectivity index (χ3n) is 3.05. The van der Waals surface area contributed by atoms with Crippen molar-refractivity contribution < 1.29 is 4.74 Å². The van der Waals surface area contributed by atoms with Crippen LogP contribution in [-0.2, 0) is 0 Å². The molecule has 0 bridgehead atoms. The number of rotatable bonds is 4. The maximum Gasteiger partial charge on any atom is 0.183 e. The number of hydrogen-bond acceptors (Lipinski definition) is 4. The van der Waals surface area contributed by atoms with Gasteiger partial charge in [0.05, 0.1) is 17.7 Å². The molecule has 1 heterocycles. The molecule has 1 aromatic carbocycles. The summed E-state index contributed by atoms with van der Waals surface area (Å²) in [5.74, 6) is 0.886. The Morgan fingerprint density at radius 2 is 2.00 bits per heavy atom. The maximum absolute atomic E-state index is 5.18. The summed E-state index contributed by atoms with van der Waals surface area (Å²) in [5.41, 5.74) is 2.29. The van der Waals surface area contributed by atoms with Crippen LogP contribution < -0.4 is 10.1 Å². The lowest BCUT2D eigenvalue weighted by Gasteiger charge is -2.01. The molecule has 1 N–H and O–H groups in total. The van der Waals surface area contributed by atoms with Crippen LogP contribution in [0.1, 0.15) is 18.5 Å². The highest BCUT2D eigenvalue weighted by Gasteiger charge is 2.22. The highest BCUT2D eigenvalue weighted by molar-refractivity contribution is 7.19. The molecule has 0 aliphatic heterocycles. The summed E-state index contributed by atoms with van der Waals surface area (Å²) < 4.78 is 5.18. The van der Waals surface area contributed by atoms with E-state index in [4.69, 9.17) is 4.74 Å². The molecule has 0 amide bonds. The molecule has 18 heavy (non-hydrogen) atoms. The van der Waals surface area contributed by atoms with Crippen LogP contribution in [0.25, 0.3) is 10.4 Å². The van der Waals surface area contributed by atoms with Gasteiger partial charge in [-0.1, -0.05) is 11.3 Å². The highest BCUT2D eigenvalue weighted by Crippen LogP contribution is 2.35. The van der Waals surface area contributed by atoms with E-state index >= 15 is 0 Å². The standard InChI is InChI=1S/C14H16N2OS/c1-9-13(10-3-7-12(17-2)8-4-10)18-14(15-9)16-11-5-6-11/h3-4,7-8,11H,5-6H2,1-2H3,(H,15,16). The summed E-state index contributed by atoms with van der Waals surface area (Å²) >= 11 is 1.73. The summed E-state index contributed by atoms with van der Waals surface area (Å²) in [4.78, 5) is 5.82. The SMILES string of the molecule is COc1ccc(-c2sc(NC3CC3)nc2C)cc1. The molecule has 2 aromatic rings. The van der Waals surface area contributed by atoms with Gasteiger partial charge in [-0.25, -0.2) is 4.98 Å². The molecule has 3 nitrogen and oxygen atoms in total. The zero-order valence-corrected chi connectivity index (χ0v) is 11.4. The molecule has 0 saturated heterocycles. The second-order valence-corrected chi connectivity index (χ2v) is 5.58. The third-order valence-corrected chi connectivity index (χ3v) is 4.19. The predicted octanol–water partition coefficient (Wildman–Crippen LogP) is 3.70. The minimum atomic E-state index is 0.652. The summed E-state index contributed by atoms with van der Waals surface area (Å²) in [6, 6.07) is 8.80. The molecular formula is C14H16N2OS. The summed E-state index contributed by atoms with van der Waals surface area (Å²) in [5, 5.41) is 4.49. The van der Waals surface area contributed by atoms with E-state index < -0.39 is 0 Å². The molecule has 1 aliphatic rings. The monoisotopic (exact) mass is 260 g/mol. The molecule has 1 saturated carbocycles. The van der Waals surface area contributed by atoms with Crippen molar-refractivity contribution in [2.24, 2.45) is 0 Å². The van der Waals surface area contributed by atoms with Gasteiger partial charge in [-0.2, -0.15) is 0 Å².